The van der Waals surface area contributed by atoms with E-state index in [0.29, 0.717) is 6.42 Å². The van der Waals surface area contributed by atoms with Gasteiger partial charge >= 0.3 is 12.1 Å². The molecule has 6 nitrogen and oxygen atoms in total. The van der Waals surface area contributed by atoms with Crippen molar-refractivity contribution in [1.82, 2.24) is 5.32 Å². The van der Waals surface area contributed by atoms with Crippen molar-refractivity contribution in [3.8, 4) is 12.1 Å². The van der Waals surface area contributed by atoms with Gasteiger partial charge < -0.3 is 10.1 Å². The van der Waals surface area contributed by atoms with Crippen molar-refractivity contribution in [3.63, 3.8) is 0 Å². The Bertz CT molecular complexity index is 972. The molecule has 0 radical (unpaired) electrons. The molecule has 1 aromatic carbocycles. The SMILES string of the molecule is N#CCCOC(=O)C1C(c2cccc(C#N)c2)C2=C(CCCC2=O)NC1C(F)(F)F. The third-order valence-corrected chi connectivity index (χ3v) is 5.27. The van der Waals surface area contributed by atoms with Crippen LogP contribution in [0.1, 0.15) is 42.7 Å². The largest absolute Gasteiger partial charge is 0.464 e. The summed E-state index contributed by atoms with van der Waals surface area (Å²) in [6.45, 7) is -0.346. The molecule has 2 aliphatic rings. The molecule has 0 bridgehead atoms. The van der Waals surface area contributed by atoms with Crippen molar-refractivity contribution < 1.29 is 27.5 Å². The standard InChI is InChI=1S/C21H18F3N3O3/c22-21(23,24)19-18(20(29)30-9-3-8-25)16(13-5-1-4-12(10-13)11-26)17-14(27-19)6-2-7-15(17)28/h1,4-5,10,16,18-19,27H,2-3,6-7,9H2. The van der Waals surface area contributed by atoms with E-state index in [-0.39, 0.29) is 54.0 Å². The van der Waals surface area contributed by atoms with Gasteiger partial charge in [0.1, 0.15) is 12.6 Å². The molecule has 1 aliphatic heterocycles. The number of nitrogens with one attached hydrogen (secondary N) is 1. The lowest BCUT2D eigenvalue weighted by atomic mass is 9.69. The van der Waals surface area contributed by atoms with Crippen LogP contribution in [0.2, 0.25) is 0 Å². The van der Waals surface area contributed by atoms with Crippen LogP contribution in [0.15, 0.2) is 35.5 Å². The van der Waals surface area contributed by atoms with E-state index < -0.39 is 30.0 Å². The number of ketones is 1. The molecule has 1 N–H and O–H groups in total. The highest BCUT2D eigenvalue weighted by molar-refractivity contribution is 6.00. The van der Waals surface area contributed by atoms with E-state index in [1.807, 2.05) is 6.07 Å². The second-order valence-electron chi connectivity index (χ2n) is 7.15. The summed E-state index contributed by atoms with van der Waals surface area (Å²) in [5.74, 6) is -4.44. The van der Waals surface area contributed by atoms with Crippen molar-refractivity contribution in [3.05, 3.63) is 46.7 Å². The van der Waals surface area contributed by atoms with Gasteiger partial charge in [-0.3, -0.25) is 9.59 Å². The molecule has 0 saturated carbocycles. The topological polar surface area (TPSA) is 103 Å². The number of carbonyl (C=O) groups is 2. The van der Waals surface area contributed by atoms with Gasteiger partial charge in [-0.2, -0.15) is 23.7 Å². The predicted molar refractivity (Wildman–Crippen MR) is 97.4 cm³/mol. The molecular weight excluding hydrogens is 399 g/mol. The number of alkyl halides is 3. The van der Waals surface area contributed by atoms with Crippen LogP contribution >= 0.6 is 0 Å². The quantitative estimate of drug-likeness (QED) is 0.596. The molecule has 30 heavy (non-hydrogen) atoms. The summed E-state index contributed by atoms with van der Waals surface area (Å²) in [4.78, 5) is 25.5. The number of benzene rings is 1. The molecule has 9 heteroatoms. The van der Waals surface area contributed by atoms with E-state index in [9.17, 15) is 28.0 Å². The van der Waals surface area contributed by atoms with Crippen LogP contribution in [-0.4, -0.2) is 30.6 Å². The summed E-state index contributed by atoms with van der Waals surface area (Å²) in [6, 6.07) is 7.33. The summed E-state index contributed by atoms with van der Waals surface area (Å²) in [5.41, 5.74) is 0.799. The second kappa shape index (κ2) is 8.58. The molecule has 156 valence electrons. The van der Waals surface area contributed by atoms with Gasteiger partial charge in [0, 0.05) is 23.6 Å². The minimum atomic E-state index is -4.79. The van der Waals surface area contributed by atoms with Crippen LogP contribution in [0.4, 0.5) is 13.2 Å². The van der Waals surface area contributed by atoms with Gasteiger partial charge in [-0.05, 0) is 30.5 Å². The van der Waals surface area contributed by atoms with E-state index in [0.717, 1.165) is 0 Å². The number of halogens is 3. The third kappa shape index (κ3) is 4.16. The van der Waals surface area contributed by atoms with Gasteiger partial charge in [0.05, 0.1) is 30.0 Å². The highest BCUT2D eigenvalue weighted by Crippen LogP contribution is 2.47. The van der Waals surface area contributed by atoms with Gasteiger partial charge in [-0.25, -0.2) is 0 Å². The number of hydrogen-bond donors (Lipinski definition) is 1. The Morgan fingerprint density at radius 1 is 1.27 bits per heavy atom. The Hall–Kier alpha value is -3.33. The Labute approximate surface area is 170 Å². The summed E-state index contributed by atoms with van der Waals surface area (Å²) >= 11 is 0. The maximum Gasteiger partial charge on any atom is 0.409 e. The molecule has 3 atom stereocenters. The zero-order chi connectivity index (χ0) is 21.9. The first-order valence-electron chi connectivity index (χ1n) is 9.41. The lowest BCUT2D eigenvalue weighted by molar-refractivity contribution is -0.184. The number of allylic oxidation sites excluding steroid dienone is 2. The predicted octanol–water partition coefficient (Wildman–Crippen LogP) is 3.26. The van der Waals surface area contributed by atoms with Gasteiger partial charge in [0.15, 0.2) is 5.78 Å². The van der Waals surface area contributed by atoms with Crippen molar-refractivity contribution >= 4 is 11.8 Å². The van der Waals surface area contributed by atoms with Gasteiger partial charge in [0.2, 0.25) is 0 Å². The van der Waals surface area contributed by atoms with E-state index in [2.05, 4.69) is 5.32 Å². The van der Waals surface area contributed by atoms with Crippen LogP contribution in [0.25, 0.3) is 0 Å². The molecule has 0 spiro atoms. The Morgan fingerprint density at radius 3 is 2.70 bits per heavy atom. The highest BCUT2D eigenvalue weighted by atomic mass is 19.4. The zero-order valence-electron chi connectivity index (χ0n) is 15.8. The fraction of sp³-hybridized carbons (Fsp3) is 0.429. The number of rotatable bonds is 4. The molecule has 0 aromatic heterocycles. The van der Waals surface area contributed by atoms with Crippen molar-refractivity contribution in [2.75, 3.05) is 6.61 Å². The maximum absolute atomic E-state index is 13.9. The molecule has 0 amide bonds. The second-order valence-corrected chi connectivity index (χ2v) is 7.15. The highest BCUT2D eigenvalue weighted by Gasteiger charge is 2.56. The van der Waals surface area contributed by atoms with E-state index in [1.54, 1.807) is 6.07 Å². The van der Waals surface area contributed by atoms with Gasteiger partial charge in [-0.1, -0.05) is 12.1 Å². The molecule has 1 aliphatic carbocycles. The summed E-state index contributed by atoms with van der Waals surface area (Å²) in [6.07, 6.45) is -4.11. The normalized spacial score (nSPS) is 23.6. The number of Topliss-reactive ketones (excluding diaryl/α,β-unsaturated/α-hetero) is 1. The van der Waals surface area contributed by atoms with E-state index >= 15 is 0 Å². The van der Waals surface area contributed by atoms with Crippen molar-refractivity contribution in [1.29, 1.82) is 10.5 Å². The lowest BCUT2D eigenvalue weighted by Gasteiger charge is -2.42. The fourth-order valence-electron chi connectivity index (χ4n) is 4.05. The van der Waals surface area contributed by atoms with E-state index in [1.165, 1.54) is 24.3 Å². The first-order chi connectivity index (χ1) is 14.3. The smallest absolute Gasteiger partial charge is 0.409 e. The molecule has 1 heterocycles. The molecule has 1 aromatic rings. The average Bonchev–Trinajstić information content (AvgIpc) is 2.72. The number of nitriles is 2. The molecule has 3 unspecified atom stereocenters. The monoisotopic (exact) mass is 417 g/mol. The molecule has 3 rings (SSSR count). The van der Waals surface area contributed by atoms with Crippen LogP contribution in [0.3, 0.4) is 0 Å². The Kier molecular flexibility index (Phi) is 6.12. The van der Waals surface area contributed by atoms with Gasteiger partial charge in [0.25, 0.3) is 0 Å². The number of ether oxygens (including phenoxy) is 1. The van der Waals surface area contributed by atoms with Crippen LogP contribution < -0.4 is 5.32 Å². The minimum Gasteiger partial charge on any atom is -0.464 e. The average molecular weight is 417 g/mol. The number of esters is 1. The first kappa shape index (κ1) is 21.4. The van der Waals surface area contributed by atoms with Gasteiger partial charge in [-0.15, -0.1) is 0 Å². The third-order valence-electron chi connectivity index (χ3n) is 5.27. The number of carbonyl (C=O) groups excluding carboxylic acids is 2. The summed E-state index contributed by atoms with van der Waals surface area (Å²) < 4.78 is 46.8. The van der Waals surface area contributed by atoms with Crippen LogP contribution in [-0.2, 0) is 14.3 Å². The minimum absolute atomic E-state index is 0.138. The Balaban J connectivity index is 2.17. The summed E-state index contributed by atoms with van der Waals surface area (Å²) in [7, 11) is 0. The molecule has 0 fully saturated rings. The fourth-order valence-corrected chi connectivity index (χ4v) is 4.05. The molecule has 0 saturated heterocycles. The first-order valence-corrected chi connectivity index (χ1v) is 9.41. The number of nitrogens with zero attached hydrogens (tertiary/aromatic N) is 2. The van der Waals surface area contributed by atoms with Crippen LogP contribution in [0, 0.1) is 28.6 Å². The Morgan fingerprint density at radius 2 is 2.03 bits per heavy atom. The van der Waals surface area contributed by atoms with Crippen molar-refractivity contribution in [2.45, 2.75) is 43.8 Å². The van der Waals surface area contributed by atoms with Crippen molar-refractivity contribution in [2.24, 2.45) is 5.92 Å². The van der Waals surface area contributed by atoms with E-state index in [4.69, 9.17) is 10.00 Å². The number of hydrogen-bond acceptors (Lipinski definition) is 6. The lowest BCUT2D eigenvalue weighted by Crippen LogP contribution is -2.56. The maximum atomic E-state index is 13.9. The molecular formula is C21H18F3N3O3. The zero-order valence-corrected chi connectivity index (χ0v) is 15.8. The van der Waals surface area contributed by atoms with Crippen LogP contribution in [0.5, 0.6) is 0 Å². The summed E-state index contributed by atoms with van der Waals surface area (Å²) in [5, 5.41) is 20.2.